The highest BCUT2D eigenvalue weighted by Crippen LogP contribution is 2.19. The maximum Gasteiger partial charge on any atom is 0.261 e. The van der Waals surface area contributed by atoms with Crippen LogP contribution in [0, 0.1) is 0 Å². The van der Waals surface area contributed by atoms with Gasteiger partial charge in [0.1, 0.15) is 0 Å². The first-order valence-electron chi connectivity index (χ1n) is 8.93. The molecule has 0 aliphatic carbocycles. The zero-order valence-electron chi connectivity index (χ0n) is 15.4. The predicted molar refractivity (Wildman–Crippen MR) is 107 cm³/mol. The minimum Gasteiger partial charge on any atom is -0.373 e. The van der Waals surface area contributed by atoms with Crippen LogP contribution < -0.4 is 10.6 Å². The van der Waals surface area contributed by atoms with Crippen LogP contribution in [0.1, 0.15) is 35.6 Å². The summed E-state index contributed by atoms with van der Waals surface area (Å²) in [5.41, 5.74) is 0.947. The van der Waals surface area contributed by atoms with Gasteiger partial charge in [-0.2, -0.15) is 0 Å². The van der Waals surface area contributed by atoms with Gasteiger partial charge in [0.25, 0.3) is 5.91 Å². The molecule has 9 heteroatoms. The molecule has 146 valence electrons. The second kappa shape index (κ2) is 9.41. The molecule has 3 rings (SSSR count). The lowest BCUT2D eigenvalue weighted by Crippen LogP contribution is -2.44. The molecule has 3 heterocycles. The van der Waals surface area contributed by atoms with E-state index >= 15 is 0 Å². The fourth-order valence-corrected chi connectivity index (χ4v) is 4.40. The van der Waals surface area contributed by atoms with Crippen molar-refractivity contribution in [3.8, 4) is 0 Å². The van der Waals surface area contributed by atoms with Crippen LogP contribution in [-0.2, 0) is 16.1 Å². The van der Waals surface area contributed by atoms with Crippen molar-refractivity contribution >= 4 is 39.6 Å². The Hall–Kier alpha value is -1.81. The van der Waals surface area contributed by atoms with Gasteiger partial charge < -0.3 is 15.4 Å². The number of carbonyl (C=O) groups is 2. The topological polar surface area (TPSA) is 83.6 Å². The first kappa shape index (κ1) is 19.9. The lowest BCUT2D eigenvalue weighted by molar-refractivity contribution is -0.116. The van der Waals surface area contributed by atoms with Crippen LogP contribution in [-0.4, -0.2) is 53.5 Å². The highest BCUT2D eigenvalue weighted by molar-refractivity contribution is 7.14. The number of rotatable bonds is 7. The van der Waals surface area contributed by atoms with Gasteiger partial charge in [0.2, 0.25) is 5.91 Å². The Bertz CT molecular complexity index is 753. The molecule has 2 aromatic heterocycles. The summed E-state index contributed by atoms with van der Waals surface area (Å²) >= 11 is 2.80. The third kappa shape index (κ3) is 6.10. The number of hydrogen-bond acceptors (Lipinski definition) is 7. The third-order valence-corrected chi connectivity index (χ3v) is 5.74. The van der Waals surface area contributed by atoms with Crippen LogP contribution in [0.5, 0.6) is 0 Å². The number of carbonyl (C=O) groups excluding carboxylic acids is 2. The molecule has 0 bridgehead atoms. The molecule has 1 aliphatic heterocycles. The van der Waals surface area contributed by atoms with E-state index in [0.29, 0.717) is 16.6 Å². The zero-order valence-corrected chi connectivity index (χ0v) is 17.1. The van der Waals surface area contributed by atoms with E-state index in [0.717, 1.165) is 25.3 Å². The van der Waals surface area contributed by atoms with Gasteiger partial charge in [0, 0.05) is 38.0 Å². The molecule has 1 fully saturated rings. The molecular weight excluding hydrogens is 384 g/mol. The monoisotopic (exact) mass is 408 g/mol. The first-order valence-corrected chi connectivity index (χ1v) is 10.7. The molecule has 0 spiro atoms. The average molecular weight is 409 g/mol. The predicted octanol–water partition coefficient (Wildman–Crippen LogP) is 2.57. The fourth-order valence-electron chi connectivity index (χ4n) is 3.05. The molecule has 2 amide bonds. The van der Waals surface area contributed by atoms with E-state index in [1.165, 1.54) is 22.7 Å². The Morgan fingerprint density at radius 2 is 2.07 bits per heavy atom. The molecule has 2 N–H and O–H groups in total. The Kier molecular flexibility index (Phi) is 6.95. The van der Waals surface area contributed by atoms with Crippen molar-refractivity contribution in [2.75, 3.05) is 25.0 Å². The van der Waals surface area contributed by atoms with E-state index in [2.05, 4.69) is 34.4 Å². The summed E-state index contributed by atoms with van der Waals surface area (Å²) in [6.07, 6.45) is 0.650. The summed E-state index contributed by atoms with van der Waals surface area (Å²) in [6, 6.07) is 3.58. The minimum atomic E-state index is -0.156. The smallest absolute Gasteiger partial charge is 0.261 e. The van der Waals surface area contributed by atoms with E-state index in [4.69, 9.17) is 4.74 Å². The summed E-state index contributed by atoms with van der Waals surface area (Å²) in [5, 5.41) is 9.96. The molecule has 2 aromatic rings. The Balaban J connectivity index is 1.40. The molecule has 0 saturated carbocycles. The van der Waals surface area contributed by atoms with Gasteiger partial charge in [-0.15, -0.1) is 22.7 Å². The lowest BCUT2D eigenvalue weighted by atomic mass is 10.2. The number of amides is 2. The standard InChI is InChI=1S/C18H24N4O3S2/c1-12-8-22(9-13(2)25-12)10-14-11-27-18(20-14)21-16(23)5-6-19-17(24)15-4-3-7-26-15/h3-4,7,11-13H,5-6,8-10H2,1-2H3,(H,19,24)(H,20,21,23)/t12-,13-/m1/s1. The van der Waals surface area contributed by atoms with E-state index in [1.54, 1.807) is 6.07 Å². The zero-order chi connectivity index (χ0) is 19.2. The summed E-state index contributed by atoms with van der Waals surface area (Å²) in [4.78, 5) is 31.3. The maximum atomic E-state index is 12.0. The van der Waals surface area contributed by atoms with Crippen molar-refractivity contribution in [1.82, 2.24) is 15.2 Å². The van der Waals surface area contributed by atoms with Gasteiger partial charge in [0.15, 0.2) is 5.13 Å². The summed E-state index contributed by atoms with van der Waals surface area (Å²) < 4.78 is 5.74. The summed E-state index contributed by atoms with van der Waals surface area (Å²) in [6.45, 7) is 6.96. The van der Waals surface area contributed by atoms with E-state index in [1.807, 2.05) is 16.8 Å². The minimum absolute atomic E-state index is 0.150. The molecule has 0 unspecified atom stereocenters. The summed E-state index contributed by atoms with van der Waals surface area (Å²) in [5.74, 6) is -0.306. The second-order valence-electron chi connectivity index (χ2n) is 6.63. The first-order chi connectivity index (χ1) is 13.0. The van der Waals surface area contributed by atoms with E-state index in [-0.39, 0.29) is 30.4 Å². The van der Waals surface area contributed by atoms with Crippen molar-refractivity contribution in [2.24, 2.45) is 0 Å². The molecule has 1 aliphatic rings. The molecule has 27 heavy (non-hydrogen) atoms. The van der Waals surface area contributed by atoms with Gasteiger partial charge in [-0.3, -0.25) is 14.5 Å². The number of ether oxygens (including phenoxy) is 1. The second-order valence-corrected chi connectivity index (χ2v) is 8.43. The quantitative estimate of drug-likeness (QED) is 0.736. The van der Waals surface area contributed by atoms with Crippen LogP contribution >= 0.6 is 22.7 Å². The number of nitrogens with one attached hydrogen (secondary N) is 2. The molecule has 7 nitrogen and oxygen atoms in total. The van der Waals surface area contributed by atoms with Crippen molar-refractivity contribution in [2.45, 2.75) is 39.0 Å². The number of anilines is 1. The average Bonchev–Trinajstić information content (AvgIpc) is 3.26. The highest BCUT2D eigenvalue weighted by atomic mass is 32.1. The van der Waals surface area contributed by atoms with Crippen molar-refractivity contribution < 1.29 is 14.3 Å². The highest BCUT2D eigenvalue weighted by Gasteiger charge is 2.22. The maximum absolute atomic E-state index is 12.0. The van der Waals surface area contributed by atoms with Crippen LogP contribution in [0.4, 0.5) is 5.13 Å². The van der Waals surface area contributed by atoms with Gasteiger partial charge in [-0.1, -0.05) is 6.07 Å². The number of thiophene rings is 1. The van der Waals surface area contributed by atoms with Crippen molar-refractivity contribution in [3.63, 3.8) is 0 Å². The summed E-state index contributed by atoms with van der Waals surface area (Å²) in [7, 11) is 0. The fraction of sp³-hybridized carbons (Fsp3) is 0.500. The molecule has 0 aromatic carbocycles. The number of nitrogens with zero attached hydrogens (tertiary/aromatic N) is 2. The molecule has 2 atom stereocenters. The largest absolute Gasteiger partial charge is 0.373 e. The van der Waals surface area contributed by atoms with Gasteiger partial charge in [-0.25, -0.2) is 4.98 Å². The van der Waals surface area contributed by atoms with Crippen molar-refractivity contribution in [1.29, 1.82) is 0 Å². The molecule has 1 saturated heterocycles. The van der Waals surface area contributed by atoms with Gasteiger partial charge >= 0.3 is 0 Å². The third-order valence-electron chi connectivity index (χ3n) is 4.06. The Labute approximate surface area is 166 Å². The SMILES string of the molecule is C[C@@H]1CN(Cc2csc(NC(=O)CCNC(=O)c3cccs3)n2)C[C@@H](C)O1. The number of thiazole rings is 1. The van der Waals surface area contributed by atoms with Crippen LogP contribution in [0.25, 0.3) is 0 Å². The van der Waals surface area contributed by atoms with Gasteiger partial charge in [-0.05, 0) is 25.3 Å². The number of morpholine rings is 1. The normalized spacial score (nSPS) is 20.4. The van der Waals surface area contributed by atoms with E-state index in [9.17, 15) is 9.59 Å². The Morgan fingerprint density at radius 3 is 2.78 bits per heavy atom. The Morgan fingerprint density at radius 1 is 1.30 bits per heavy atom. The number of aromatic nitrogens is 1. The van der Waals surface area contributed by atoms with Crippen LogP contribution in [0.15, 0.2) is 22.9 Å². The number of hydrogen-bond donors (Lipinski definition) is 2. The van der Waals surface area contributed by atoms with Crippen LogP contribution in [0.2, 0.25) is 0 Å². The molecule has 0 radical (unpaired) electrons. The van der Waals surface area contributed by atoms with Gasteiger partial charge in [0.05, 0.1) is 22.8 Å². The molecular formula is C18H24N4O3S2. The van der Waals surface area contributed by atoms with Crippen LogP contribution in [0.3, 0.4) is 0 Å². The lowest BCUT2D eigenvalue weighted by Gasteiger charge is -2.34. The van der Waals surface area contributed by atoms with Crippen molar-refractivity contribution in [3.05, 3.63) is 33.5 Å². The van der Waals surface area contributed by atoms with E-state index < -0.39 is 0 Å².